The Hall–Kier alpha value is -1.00. The molecule has 72 valence electrons. The van der Waals surface area contributed by atoms with E-state index in [1.54, 1.807) is 12.4 Å². The maximum atomic E-state index is 5.48. The van der Waals surface area contributed by atoms with Crippen LogP contribution in [0.1, 0.15) is 31.9 Å². The zero-order chi connectivity index (χ0) is 9.68. The van der Waals surface area contributed by atoms with Crippen molar-refractivity contribution in [2.24, 2.45) is 11.8 Å². The van der Waals surface area contributed by atoms with Gasteiger partial charge in [-0.1, -0.05) is 20.3 Å². The van der Waals surface area contributed by atoms with E-state index < -0.39 is 0 Å². The number of nitrogens with zero attached hydrogens (tertiary/aromatic N) is 2. The maximum Gasteiger partial charge on any atom is 0.115 e. The van der Waals surface area contributed by atoms with Crippen molar-refractivity contribution in [3.8, 4) is 0 Å². The molecule has 1 aromatic rings. The van der Waals surface area contributed by atoms with Gasteiger partial charge < -0.3 is 0 Å². The van der Waals surface area contributed by atoms with Gasteiger partial charge in [0.05, 0.1) is 6.04 Å². The Morgan fingerprint density at radius 1 is 1.46 bits per heavy atom. The fraction of sp³-hybridized carbons (Fsp3) is 0.556. The lowest BCUT2D eigenvalue weighted by Crippen LogP contribution is -2.32. The molecule has 0 saturated heterocycles. The third-order valence-electron chi connectivity index (χ3n) is 2.33. The lowest BCUT2D eigenvalue weighted by atomic mass is 9.95. The summed E-state index contributed by atoms with van der Waals surface area (Å²) in [6.07, 6.45) is 6.19. The van der Waals surface area contributed by atoms with Crippen LogP contribution in [0.4, 0.5) is 0 Å². The highest BCUT2D eigenvalue weighted by Crippen LogP contribution is 2.21. The molecule has 1 heterocycles. The molecule has 0 aliphatic heterocycles. The van der Waals surface area contributed by atoms with Crippen LogP contribution in [0, 0.1) is 5.92 Å². The number of hydrogen-bond donors (Lipinski definition) is 2. The van der Waals surface area contributed by atoms with Crippen molar-refractivity contribution < 1.29 is 0 Å². The van der Waals surface area contributed by atoms with Gasteiger partial charge in [-0.2, -0.15) is 0 Å². The summed E-state index contributed by atoms with van der Waals surface area (Å²) in [5.41, 5.74) is 3.83. The highest BCUT2D eigenvalue weighted by molar-refractivity contribution is 5.09. The number of rotatable bonds is 4. The second-order valence-corrected chi connectivity index (χ2v) is 3.20. The molecule has 0 aliphatic carbocycles. The first-order valence-electron chi connectivity index (χ1n) is 4.50. The average Bonchev–Trinajstić information content (AvgIpc) is 2.20. The molecule has 0 aliphatic rings. The molecule has 0 spiro atoms. The lowest BCUT2D eigenvalue weighted by molar-refractivity contribution is 0.381. The molecule has 13 heavy (non-hydrogen) atoms. The molecule has 0 amide bonds. The van der Waals surface area contributed by atoms with Gasteiger partial charge in [0.2, 0.25) is 0 Å². The van der Waals surface area contributed by atoms with E-state index in [1.807, 2.05) is 0 Å². The van der Waals surface area contributed by atoms with Gasteiger partial charge in [-0.05, 0) is 5.92 Å². The zero-order valence-corrected chi connectivity index (χ0v) is 8.07. The second-order valence-electron chi connectivity index (χ2n) is 3.20. The Labute approximate surface area is 78.6 Å². The van der Waals surface area contributed by atoms with Gasteiger partial charge >= 0.3 is 0 Å². The molecule has 0 saturated carbocycles. The molecule has 0 bridgehead atoms. The third-order valence-corrected chi connectivity index (χ3v) is 2.33. The largest absolute Gasteiger partial charge is 0.271 e. The topological polar surface area (TPSA) is 63.8 Å². The average molecular weight is 180 g/mol. The first kappa shape index (κ1) is 10.1. The molecule has 0 radical (unpaired) electrons. The van der Waals surface area contributed by atoms with Crippen LogP contribution in [0.15, 0.2) is 18.7 Å². The van der Waals surface area contributed by atoms with E-state index in [2.05, 4.69) is 29.2 Å². The van der Waals surface area contributed by atoms with Crippen LogP contribution >= 0.6 is 0 Å². The van der Waals surface area contributed by atoms with Gasteiger partial charge in [-0.15, -0.1) is 0 Å². The fourth-order valence-corrected chi connectivity index (χ4v) is 1.30. The van der Waals surface area contributed by atoms with E-state index in [9.17, 15) is 0 Å². The summed E-state index contributed by atoms with van der Waals surface area (Å²) in [6.45, 7) is 4.29. The summed E-state index contributed by atoms with van der Waals surface area (Å²) < 4.78 is 0. The lowest BCUT2D eigenvalue weighted by Gasteiger charge is -2.21. The molecule has 4 nitrogen and oxygen atoms in total. The molecule has 0 fully saturated rings. The van der Waals surface area contributed by atoms with Gasteiger partial charge in [0.25, 0.3) is 0 Å². The molecule has 2 unspecified atom stereocenters. The fourth-order valence-electron chi connectivity index (χ4n) is 1.30. The van der Waals surface area contributed by atoms with Crippen LogP contribution in [0.3, 0.4) is 0 Å². The molecule has 4 heteroatoms. The van der Waals surface area contributed by atoms with Crippen LogP contribution in [0.25, 0.3) is 0 Å². The molecule has 1 rings (SSSR count). The molecular formula is C9H16N4. The Morgan fingerprint density at radius 2 is 2.08 bits per heavy atom. The first-order valence-corrected chi connectivity index (χ1v) is 4.50. The van der Waals surface area contributed by atoms with Crippen molar-refractivity contribution in [1.29, 1.82) is 0 Å². The molecule has 1 aromatic heterocycles. The van der Waals surface area contributed by atoms with Gasteiger partial charge in [-0.3, -0.25) is 11.3 Å². The van der Waals surface area contributed by atoms with Gasteiger partial charge in [0.1, 0.15) is 6.33 Å². The van der Waals surface area contributed by atoms with Crippen molar-refractivity contribution in [1.82, 2.24) is 15.4 Å². The molecule has 2 atom stereocenters. The number of aromatic nitrogens is 2. The van der Waals surface area contributed by atoms with Gasteiger partial charge in [0.15, 0.2) is 0 Å². The number of nitrogens with two attached hydrogens (primary N) is 1. The Morgan fingerprint density at radius 3 is 2.54 bits per heavy atom. The zero-order valence-electron chi connectivity index (χ0n) is 8.07. The van der Waals surface area contributed by atoms with E-state index in [4.69, 9.17) is 5.84 Å². The van der Waals surface area contributed by atoms with Crippen LogP contribution in [0.2, 0.25) is 0 Å². The van der Waals surface area contributed by atoms with E-state index in [0.717, 1.165) is 12.0 Å². The second kappa shape index (κ2) is 4.89. The van der Waals surface area contributed by atoms with E-state index in [0.29, 0.717) is 5.92 Å². The van der Waals surface area contributed by atoms with Gasteiger partial charge in [0, 0.05) is 18.0 Å². The van der Waals surface area contributed by atoms with Crippen LogP contribution in [-0.4, -0.2) is 9.97 Å². The van der Waals surface area contributed by atoms with Crippen LogP contribution < -0.4 is 11.3 Å². The quantitative estimate of drug-likeness (QED) is 0.536. The third kappa shape index (κ3) is 2.47. The minimum Gasteiger partial charge on any atom is -0.271 e. The van der Waals surface area contributed by atoms with Crippen molar-refractivity contribution in [3.05, 3.63) is 24.3 Å². The van der Waals surface area contributed by atoms with Crippen molar-refractivity contribution in [2.45, 2.75) is 26.3 Å². The Kier molecular flexibility index (Phi) is 3.79. The smallest absolute Gasteiger partial charge is 0.115 e. The highest BCUT2D eigenvalue weighted by Gasteiger charge is 2.16. The molecular weight excluding hydrogens is 164 g/mol. The molecule has 0 aromatic carbocycles. The van der Waals surface area contributed by atoms with Crippen LogP contribution in [-0.2, 0) is 0 Å². The van der Waals surface area contributed by atoms with Gasteiger partial charge in [-0.25, -0.2) is 9.97 Å². The predicted molar refractivity (Wildman–Crippen MR) is 51.6 cm³/mol. The minimum atomic E-state index is 0.145. The van der Waals surface area contributed by atoms with E-state index in [1.165, 1.54) is 6.33 Å². The summed E-state index contributed by atoms with van der Waals surface area (Å²) in [7, 11) is 0. The summed E-state index contributed by atoms with van der Waals surface area (Å²) in [5.74, 6) is 5.96. The predicted octanol–water partition coefficient (Wildman–Crippen LogP) is 1.03. The Balaban J connectivity index is 2.78. The SMILES string of the molecule is CCC(C)C(NN)c1cncnc1. The Bertz CT molecular complexity index is 237. The van der Waals surface area contributed by atoms with Crippen molar-refractivity contribution in [2.75, 3.05) is 0 Å². The number of hydrazine groups is 1. The maximum absolute atomic E-state index is 5.48. The number of nitrogens with one attached hydrogen (secondary N) is 1. The summed E-state index contributed by atoms with van der Waals surface area (Å²) >= 11 is 0. The summed E-state index contributed by atoms with van der Waals surface area (Å²) in [6, 6.07) is 0.145. The highest BCUT2D eigenvalue weighted by atomic mass is 15.2. The number of hydrogen-bond acceptors (Lipinski definition) is 4. The van der Waals surface area contributed by atoms with E-state index in [-0.39, 0.29) is 6.04 Å². The minimum absolute atomic E-state index is 0.145. The summed E-state index contributed by atoms with van der Waals surface area (Å²) in [4.78, 5) is 7.93. The standard InChI is InChI=1S/C9H16N4/c1-3-7(2)9(13-10)8-4-11-6-12-5-8/h4-7,9,13H,3,10H2,1-2H3. The van der Waals surface area contributed by atoms with E-state index >= 15 is 0 Å². The van der Waals surface area contributed by atoms with Crippen LogP contribution in [0.5, 0.6) is 0 Å². The normalized spacial score (nSPS) is 15.3. The monoisotopic (exact) mass is 180 g/mol. The first-order chi connectivity index (χ1) is 6.29. The molecule has 3 N–H and O–H groups in total. The van der Waals surface area contributed by atoms with Crippen molar-refractivity contribution in [3.63, 3.8) is 0 Å². The van der Waals surface area contributed by atoms with Crippen molar-refractivity contribution >= 4 is 0 Å². The summed E-state index contributed by atoms with van der Waals surface area (Å²) in [5, 5.41) is 0.